The van der Waals surface area contributed by atoms with Gasteiger partial charge in [0.05, 0.1) is 12.7 Å². The van der Waals surface area contributed by atoms with Crippen LogP contribution in [-0.2, 0) is 25.5 Å². The van der Waals surface area contributed by atoms with E-state index in [2.05, 4.69) is 19.9 Å². The number of nitrogens with two attached hydrogens (primary N) is 1. The minimum atomic E-state index is -0.472. The van der Waals surface area contributed by atoms with Crippen LogP contribution in [-0.4, -0.2) is 42.4 Å². The van der Waals surface area contributed by atoms with Crippen molar-refractivity contribution in [2.45, 2.75) is 46.0 Å². The molecule has 1 aliphatic rings. The predicted molar refractivity (Wildman–Crippen MR) is 108 cm³/mol. The van der Waals surface area contributed by atoms with E-state index in [1.54, 1.807) is 11.2 Å². The number of nitrogens with zero attached hydrogens (tertiary/aromatic N) is 1. The highest BCUT2D eigenvalue weighted by Crippen LogP contribution is 2.29. The first-order valence-electron chi connectivity index (χ1n) is 9.99. The zero-order valence-corrected chi connectivity index (χ0v) is 17.2. The fraction of sp³-hybridized carbons (Fsp3) is 0.500. The van der Waals surface area contributed by atoms with E-state index in [4.69, 9.17) is 14.9 Å². The van der Waals surface area contributed by atoms with Crippen molar-refractivity contribution in [3.8, 4) is 0 Å². The molecule has 2 amide bonds. The predicted octanol–water partition coefficient (Wildman–Crippen LogP) is 2.67. The maximum Gasteiger partial charge on any atom is 0.310 e. The van der Waals surface area contributed by atoms with Gasteiger partial charge in [0.25, 0.3) is 5.91 Å². The molecule has 1 aromatic carbocycles. The number of amides is 2. The smallest absolute Gasteiger partial charge is 0.310 e. The van der Waals surface area contributed by atoms with E-state index in [-0.39, 0.29) is 30.8 Å². The Hall–Kier alpha value is -2.83. The summed E-state index contributed by atoms with van der Waals surface area (Å²) in [5.41, 5.74) is 9.16. The van der Waals surface area contributed by atoms with Gasteiger partial charge in [0.1, 0.15) is 5.58 Å². The molecular formula is C22H28N2O5. The Kier molecular flexibility index (Phi) is 6.25. The van der Waals surface area contributed by atoms with Crippen LogP contribution in [0, 0.1) is 12.8 Å². The van der Waals surface area contributed by atoms with Crippen molar-refractivity contribution in [2.75, 3.05) is 19.7 Å². The highest BCUT2D eigenvalue weighted by Gasteiger charge is 2.26. The number of furan rings is 1. The van der Waals surface area contributed by atoms with Gasteiger partial charge in [0.2, 0.25) is 5.91 Å². The van der Waals surface area contributed by atoms with Crippen molar-refractivity contribution in [1.82, 2.24) is 4.90 Å². The molecule has 2 N–H and O–H groups in total. The SMILES string of the molecule is Cc1cc2occ(CC(=O)OCC(=O)N3CCC(C(N)=O)CC3)c2cc1C(C)C. The molecule has 0 atom stereocenters. The quantitative estimate of drug-likeness (QED) is 0.751. The number of primary amides is 1. The number of fused-ring (bicyclic) bond motifs is 1. The molecule has 0 saturated carbocycles. The molecule has 1 aromatic heterocycles. The van der Waals surface area contributed by atoms with E-state index in [1.165, 1.54) is 5.56 Å². The number of carbonyl (C=O) groups is 3. The highest BCUT2D eigenvalue weighted by atomic mass is 16.5. The normalized spacial score (nSPS) is 15.1. The molecular weight excluding hydrogens is 372 g/mol. The van der Waals surface area contributed by atoms with Crippen LogP contribution in [0.5, 0.6) is 0 Å². The summed E-state index contributed by atoms with van der Waals surface area (Å²) < 4.78 is 10.8. The van der Waals surface area contributed by atoms with Crippen molar-refractivity contribution in [3.05, 3.63) is 35.1 Å². The van der Waals surface area contributed by atoms with Crippen LogP contribution in [0.3, 0.4) is 0 Å². The number of carbonyl (C=O) groups excluding carboxylic acids is 3. The van der Waals surface area contributed by atoms with Crippen LogP contribution >= 0.6 is 0 Å². The van der Waals surface area contributed by atoms with E-state index in [0.29, 0.717) is 31.8 Å². The van der Waals surface area contributed by atoms with E-state index in [0.717, 1.165) is 22.1 Å². The summed E-state index contributed by atoms with van der Waals surface area (Å²) in [6.45, 7) is 6.90. The number of hydrogen-bond acceptors (Lipinski definition) is 5. The fourth-order valence-corrected chi connectivity index (χ4v) is 3.86. The molecule has 0 bridgehead atoms. The van der Waals surface area contributed by atoms with Crippen LogP contribution in [0.2, 0.25) is 0 Å². The number of piperidine rings is 1. The molecule has 7 nitrogen and oxygen atoms in total. The third-order valence-corrected chi connectivity index (χ3v) is 5.61. The zero-order valence-electron chi connectivity index (χ0n) is 17.2. The number of hydrogen-bond donors (Lipinski definition) is 1. The van der Waals surface area contributed by atoms with Crippen LogP contribution in [0.4, 0.5) is 0 Å². The van der Waals surface area contributed by atoms with Gasteiger partial charge in [-0.05, 0) is 48.9 Å². The summed E-state index contributed by atoms with van der Waals surface area (Å²) >= 11 is 0. The van der Waals surface area contributed by atoms with Crippen LogP contribution in [0.1, 0.15) is 49.3 Å². The first-order valence-corrected chi connectivity index (χ1v) is 9.99. The number of ether oxygens (including phenoxy) is 1. The fourth-order valence-electron chi connectivity index (χ4n) is 3.86. The first-order chi connectivity index (χ1) is 13.8. The molecule has 7 heteroatoms. The average molecular weight is 400 g/mol. The first kappa shape index (κ1) is 20.9. The summed E-state index contributed by atoms with van der Waals surface area (Å²) in [5, 5.41) is 0.899. The minimum absolute atomic E-state index is 0.0463. The molecule has 0 spiro atoms. The number of benzene rings is 1. The van der Waals surface area contributed by atoms with Crippen LogP contribution < -0.4 is 5.73 Å². The molecule has 2 aromatic rings. The molecule has 0 aliphatic carbocycles. The topological polar surface area (TPSA) is 103 Å². The monoisotopic (exact) mass is 400 g/mol. The van der Waals surface area contributed by atoms with Crippen molar-refractivity contribution in [2.24, 2.45) is 11.7 Å². The number of likely N-dealkylation sites (tertiary alicyclic amines) is 1. The van der Waals surface area contributed by atoms with Gasteiger partial charge in [0.15, 0.2) is 6.61 Å². The van der Waals surface area contributed by atoms with Crippen molar-refractivity contribution in [3.63, 3.8) is 0 Å². The number of aryl methyl sites for hydroxylation is 1. The Labute approximate surface area is 170 Å². The lowest BCUT2D eigenvalue weighted by atomic mass is 9.95. The standard InChI is InChI=1S/C22H28N2O5/c1-13(2)17-10-18-16(11-28-19(18)8-14(17)3)9-21(26)29-12-20(25)24-6-4-15(5-7-24)22(23)27/h8,10-11,13,15H,4-7,9,12H2,1-3H3,(H2,23,27). The van der Waals surface area contributed by atoms with E-state index >= 15 is 0 Å². The third-order valence-electron chi connectivity index (χ3n) is 5.61. The molecule has 2 heterocycles. The van der Waals surface area contributed by atoms with E-state index in [1.807, 2.05) is 13.0 Å². The van der Waals surface area contributed by atoms with Crippen molar-refractivity contribution >= 4 is 28.8 Å². The summed E-state index contributed by atoms with van der Waals surface area (Å²) in [6.07, 6.45) is 2.72. The Morgan fingerprint density at radius 3 is 2.55 bits per heavy atom. The second-order valence-corrected chi connectivity index (χ2v) is 8.02. The van der Waals surface area contributed by atoms with Crippen molar-refractivity contribution in [1.29, 1.82) is 0 Å². The van der Waals surface area contributed by atoms with Gasteiger partial charge in [-0.1, -0.05) is 13.8 Å². The van der Waals surface area contributed by atoms with Gasteiger partial charge in [-0.2, -0.15) is 0 Å². The lowest BCUT2D eigenvalue weighted by Gasteiger charge is -2.30. The second-order valence-electron chi connectivity index (χ2n) is 8.02. The maximum atomic E-state index is 12.3. The van der Waals surface area contributed by atoms with E-state index in [9.17, 15) is 14.4 Å². The Morgan fingerprint density at radius 1 is 1.24 bits per heavy atom. The van der Waals surface area contributed by atoms with Crippen molar-refractivity contribution < 1.29 is 23.5 Å². The lowest BCUT2D eigenvalue weighted by Crippen LogP contribution is -2.43. The lowest BCUT2D eigenvalue weighted by molar-refractivity contribution is -0.152. The van der Waals surface area contributed by atoms with Crippen LogP contribution in [0.25, 0.3) is 11.0 Å². The Bertz CT molecular complexity index is 923. The maximum absolute atomic E-state index is 12.3. The zero-order chi connectivity index (χ0) is 21.1. The summed E-state index contributed by atoms with van der Waals surface area (Å²) in [4.78, 5) is 37.4. The van der Waals surface area contributed by atoms with Crippen LogP contribution in [0.15, 0.2) is 22.8 Å². The Balaban J connectivity index is 1.56. The molecule has 1 aliphatic heterocycles. The average Bonchev–Trinajstić information content (AvgIpc) is 3.06. The Morgan fingerprint density at radius 2 is 1.93 bits per heavy atom. The van der Waals surface area contributed by atoms with Gasteiger partial charge < -0.3 is 19.8 Å². The molecule has 1 saturated heterocycles. The van der Waals surface area contributed by atoms with Gasteiger partial charge in [-0.3, -0.25) is 14.4 Å². The van der Waals surface area contributed by atoms with Gasteiger partial charge in [-0.25, -0.2) is 0 Å². The molecule has 1 fully saturated rings. The second kappa shape index (κ2) is 8.68. The van der Waals surface area contributed by atoms with E-state index < -0.39 is 5.97 Å². The number of esters is 1. The highest BCUT2D eigenvalue weighted by molar-refractivity contribution is 5.88. The summed E-state index contributed by atoms with van der Waals surface area (Å²) in [6, 6.07) is 4.05. The van der Waals surface area contributed by atoms with Gasteiger partial charge >= 0.3 is 5.97 Å². The summed E-state index contributed by atoms with van der Waals surface area (Å²) in [5.74, 6) is -0.872. The number of rotatable bonds is 6. The van der Waals surface area contributed by atoms with Gasteiger partial charge in [-0.15, -0.1) is 0 Å². The molecule has 156 valence electrons. The van der Waals surface area contributed by atoms with Gasteiger partial charge in [0, 0.05) is 30.0 Å². The minimum Gasteiger partial charge on any atom is -0.464 e. The molecule has 29 heavy (non-hydrogen) atoms. The largest absolute Gasteiger partial charge is 0.464 e. The molecule has 3 rings (SSSR count). The molecule has 0 unspecified atom stereocenters. The third kappa shape index (κ3) is 4.78. The molecule has 0 radical (unpaired) electrons. The summed E-state index contributed by atoms with van der Waals surface area (Å²) in [7, 11) is 0.